The van der Waals surface area contributed by atoms with E-state index >= 15 is 0 Å². The molecule has 0 aliphatic carbocycles. The highest BCUT2D eigenvalue weighted by Gasteiger charge is 2.32. The van der Waals surface area contributed by atoms with Gasteiger partial charge < -0.3 is 15.7 Å². The van der Waals surface area contributed by atoms with Crippen LogP contribution in [0.2, 0.25) is 0 Å². The Morgan fingerprint density at radius 3 is 2.04 bits per heavy atom. The van der Waals surface area contributed by atoms with Crippen LogP contribution in [0.5, 0.6) is 0 Å². The number of rotatable bonds is 12. The molecular weight excluding hydrogens is 338 g/mol. The number of unbranched alkanes of at least 4 members (excludes halogenated alkanes) is 1. The van der Waals surface area contributed by atoms with E-state index in [-0.39, 0.29) is 24.7 Å². The summed E-state index contributed by atoms with van der Waals surface area (Å²) in [5, 5.41) is 13.2. The van der Waals surface area contributed by atoms with E-state index in [1.165, 1.54) is 0 Å². The number of alkyl halides is 2. The molecule has 0 aromatic carbocycles. The fraction of sp³-hybridized carbons (Fsp3) is 0.750. The van der Waals surface area contributed by atoms with Crippen molar-refractivity contribution in [2.24, 2.45) is 5.92 Å². The van der Waals surface area contributed by atoms with Crippen LogP contribution in [0.4, 0.5) is 8.78 Å². The van der Waals surface area contributed by atoms with Crippen LogP contribution in [0, 0.1) is 5.92 Å². The Balaban J connectivity index is 5.08. The molecule has 0 aromatic rings. The van der Waals surface area contributed by atoms with E-state index in [1.807, 2.05) is 12.2 Å². The zero-order chi connectivity index (χ0) is 19.6. The van der Waals surface area contributed by atoms with Crippen LogP contribution in [0.25, 0.3) is 0 Å². The molecule has 0 radical (unpaired) electrons. The topological polar surface area (TPSA) is 113 Å². The number of carboxylic acid groups (broad SMARTS) is 1. The third-order valence-electron chi connectivity index (χ3n) is 3.37. The molecule has 2 atom stereocenters. The number of Topliss-reactive ketones (excluding diaryl/α,β-unsaturated/α-hetero) is 1. The minimum Gasteiger partial charge on any atom is -0.475 e. The van der Waals surface area contributed by atoms with Gasteiger partial charge in [0.15, 0.2) is 0 Å². The molecule has 0 bridgehead atoms. The standard InChI is InChI=1S/C16H26F2N2O5/c1-4-5-6-13(21)19-11(7-9(2)3)15(23)20-10(8-12(17)18)14(22)16(24)25/h9-12H,4-8H2,1-3H3,(H,19,21)(H,20,23)(H,24,25). The Morgan fingerprint density at radius 2 is 1.60 bits per heavy atom. The maximum atomic E-state index is 12.6. The van der Waals surface area contributed by atoms with Crippen molar-refractivity contribution in [2.45, 2.75) is 71.4 Å². The first-order valence-electron chi connectivity index (χ1n) is 8.23. The molecule has 0 heterocycles. The maximum Gasteiger partial charge on any atom is 0.374 e. The average Bonchev–Trinajstić information content (AvgIpc) is 2.49. The van der Waals surface area contributed by atoms with Crippen molar-refractivity contribution in [3.63, 3.8) is 0 Å². The quantitative estimate of drug-likeness (QED) is 0.454. The zero-order valence-electron chi connectivity index (χ0n) is 14.7. The summed E-state index contributed by atoms with van der Waals surface area (Å²) in [7, 11) is 0. The predicted octanol–water partition coefficient (Wildman–Crippen LogP) is 1.50. The summed E-state index contributed by atoms with van der Waals surface area (Å²) >= 11 is 0. The monoisotopic (exact) mass is 364 g/mol. The van der Waals surface area contributed by atoms with Crippen molar-refractivity contribution in [2.75, 3.05) is 0 Å². The lowest BCUT2D eigenvalue weighted by molar-refractivity contribution is -0.151. The van der Waals surface area contributed by atoms with Crippen LogP contribution in [-0.2, 0) is 19.2 Å². The van der Waals surface area contributed by atoms with Crippen LogP contribution < -0.4 is 10.6 Å². The van der Waals surface area contributed by atoms with Crippen LogP contribution in [0.15, 0.2) is 0 Å². The van der Waals surface area contributed by atoms with Gasteiger partial charge in [-0.15, -0.1) is 0 Å². The lowest BCUT2D eigenvalue weighted by Crippen LogP contribution is -2.53. The molecule has 0 aliphatic rings. The van der Waals surface area contributed by atoms with Gasteiger partial charge in [-0.3, -0.25) is 14.4 Å². The largest absolute Gasteiger partial charge is 0.475 e. The summed E-state index contributed by atoms with van der Waals surface area (Å²) in [4.78, 5) is 46.3. The Kier molecular flexibility index (Phi) is 10.5. The SMILES string of the molecule is CCCCC(=O)NC(CC(C)C)C(=O)NC(CC(F)F)C(=O)C(=O)O. The van der Waals surface area contributed by atoms with Gasteiger partial charge in [-0.05, 0) is 18.8 Å². The number of hydrogen-bond donors (Lipinski definition) is 3. The highest BCUT2D eigenvalue weighted by Crippen LogP contribution is 2.09. The molecule has 7 nitrogen and oxygen atoms in total. The first kappa shape index (κ1) is 22.9. The highest BCUT2D eigenvalue weighted by atomic mass is 19.3. The summed E-state index contributed by atoms with van der Waals surface area (Å²) in [6.45, 7) is 5.51. The van der Waals surface area contributed by atoms with Crippen molar-refractivity contribution in [1.82, 2.24) is 10.6 Å². The molecule has 0 saturated heterocycles. The normalized spacial score (nSPS) is 13.4. The molecular formula is C16H26F2N2O5. The van der Waals surface area contributed by atoms with Gasteiger partial charge in [-0.1, -0.05) is 27.2 Å². The summed E-state index contributed by atoms with van der Waals surface area (Å²) in [5.74, 6) is -4.63. The molecule has 0 aromatic heterocycles. The summed E-state index contributed by atoms with van der Waals surface area (Å²) in [5.41, 5.74) is 0. The molecule has 2 unspecified atom stereocenters. The van der Waals surface area contributed by atoms with Crippen molar-refractivity contribution >= 4 is 23.6 Å². The van der Waals surface area contributed by atoms with E-state index in [4.69, 9.17) is 5.11 Å². The Hall–Kier alpha value is -2.06. The molecule has 0 fully saturated rings. The number of nitrogens with one attached hydrogen (secondary N) is 2. The lowest BCUT2D eigenvalue weighted by atomic mass is 10.0. The number of hydrogen-bond acceptors (Lipinski definition) is 4. The van der Waals surface area contributed by atoms with Gasteiger partial charge >= 0.3 is 5.97 Å². The van der Waals surface area contributed by atoms with E-state index in [1.54, 1.807) is 13.8 Å². The minimum atomic E-state index is -2.96. The van der Waals surface area contributed by atoms with Crippen LogP contribution >= 0.6 is 0 Å². The first-order chi connectivity index (χ1) is 11.6. The average molecular weight is 364 g/mol. The third kappa shape index (κ3) is 9.73. The van der Waals surface area contributed by atoms with Crippen molar-refractivity contribution < 1.29 is 33.1 Å². The fourth-order valence-electron chi connectivity index (χ4n) is 2.14. The van der Waals surface area contributed by atoms with Gasteiger partial charge in [0, 0.05) is 12.8 Å². The number of carbonyl (C=O) groups excluding carboxylic acids is 3. The maximum absolute atomic E-state index is 12.6. The van der Waals surface area contributed by atoms with E-state index in [0.717, 1.165) is 6.42 Å². The van der Waals surface area contributed by atoms with Crippen molar-refractivity contribution in [3.05, 3.63) is 0 Å². The molecule has 9 heteroatoms. The molecule has 2 amide bonds. The van der Waals surface area contributed by atoms with Gasteiger partial charge in [0.05, 0.1) is 0 Å². The first-order valence-corrected chi connectivity index (χ1v) is 8.23. The summed E-state index contributed by atoms with van der Waals surface area (Å²) in [6, 6.07) is -2.86. The lowest BCUT2D eigenvalue weighted by Gasteiger charge is -2.23. The van der Waals surface area contributed by atoms with Gasteiger partial charge in [-0.2, -0.15) is 0 Å². The zero-order valence-corrected chi connectivity index (χ0v) is 14.7. The second-order valence-corrected chi connectivity index (χ2v) is 6.21. The second kappa shape index (κ2) is 11.5. The summed E-state index contributed by atoms with van der Waals surface area (Å²) < 4.78 is 25.1. The molecule has 0 rings (SSSR count). The molecule has 3 N–H and O–H groups in total. The molecule has 0 aliphatic heterocycles. The van der Waals surface area contributed by atoms with Crippen LogP contribution in [0.1, 0.15) is 52.9 Å². The Bertz CT molecular complexity index is 483. The number of carbonyl (C=O) groups is 4. The second-order valence-electron chi connectivity index (χ2n) is 6.21. The van der Waals surface area contributed by atoms with Crippen LogP contribution in [-0.4, -0.2) is 47.2 Å². The smallest absolute Gasteiger partial charge is 0.374 e. The highest BCUT2D eigenvalue weighted by molar-refractivity contribution is 6.35. The van der Waals surface area contributed by atoms with Gasteiger partial charge in [0.25, 0.3) is 5.78 Å². The predicted molar refractivity (Wildman–Crippen MR) is 86.1 cm³/mol. The van der Waals surface area contributed by atoms with Gasteiger partial charge in [0.2, 0.25) is 18.2 Å². The molecule has 25 heavy (non-hydrogen) atoms. The van der Waals surface area contributed by atoms with Crippen molar-refractivity contribution in [3.8, 4) is 0 Å². The molecule has 0 spiro atoms. The van der Waals surface area contributed by atoms with Crippen molar-refractivity contribution in [1.29, 1.82) is 0 Å². The van der Waals surface area contributed by atoms with E-state index in [0.29, 0.717) is 6.42 Å². The molecule has 144 valence electrons. The number of amides is 2. The van der Waals surface area contributed by atoms with Crippen LogP contribution in [0.3, 0.4) is 0 Å². The number of halogens is 2. The summed E-state index contributed by atoms with van der Waals surface area (Å²) in [6.07, 6.45) is -2.20. The number of ketones is 1. The van der Waals surface area contributed by atoms with E-state index < -0.39 is 42.6 Å². The number of aliphatic carboxylic acids is 1. The Labute approximate surface area is 145 Å². The molecule has 0 saturated carbocycles. The van der Waals surface area contributed by atoms with E-state index in [2.05, 4.69) is 5.32 Å². The number of carboxylic acids is 1. The van der Waals surface area contributed by atoms with E-state index in [9.17, 15) is 28.0 Å². The minimum absolute atomic E-state index is 0.00551. The Morgan fingerprint density at radius 1 is 1.00 bits per heavy atom. The van der Waals surface area contributed by atoms with Gasteiger partial charge in [-0.25, -0.2) is 13.6 Å². The fourth-order valence-corrected chi connectivity index (χ4v) is 2.14. The van der Waals surface area contributed by atoms with Gasteiger partial charge in [0.1, 0.15) is 12.1 Å². The third-order valence-corrected chi connectivity index (χ3v) is 3.37.